The maximum Gasteiger partial charge on any atom is -0.0231 e. The lowest BCUT2D eigenvalue weighted by molar-refractivity contribution is 1.22. The molecule has 0 aliphatic rings. The standard InChI is InChI=1S/C11H14.C9H10.C4H8.C2H6.C2H4/c1-3-7-10(2)11-8-5-4-6-9-11;1-8(2)9-6-4-3-5-7-9;1-3-4-2;2*1-2/h4-9H,3H2,1-2H3;3-7H,1H2,2H3;3H,1,4H2,2H3;1-2H3;1-2H2/b10-7+;;;;. The van der Waals surface area contributed by atoms with Crippen molar-refractivity contribution in [2.45, 2.75) is 54.4 Å². The summed E-state index contributed by atoms with van der Waals surface area (Å²) in [6, 6.07) is 20.6. The molecule has 0 aliphatic heterocycles. The van der Waals surface area contributed by atoms with E-state index in [1.165, 1.54) is 16.7 Å². The summed E-state index contributed by atoms with van der Waals surface area (Å²) in [5.74, 6) is 0. The molecule has 28 heavy (non-hydrogen) atoms. The van der Waals surface area contributed by atoms with Gasteiger partial charge in [0.2, 0.25) is 0 Å². The molecule has 0 nitrogen and oxygen atoms in total. The van der Waals surface area contributed by atoms with E-state index in [1.807, 2.05) is 51.1 Å². The van der Waals surface area contributed by atoms with E-state index >= 15 is 0 Å². The van der Waals surface area contributed by atoms with Crippen molar-refractivity contribution in [2.24, 2.45) is 0 Å². The van der Waals surface area contributed by atoms with Gasteiger partial charge in [0.15, 0.2) is 0 Å². The molecule has 0 aromatic heterocycles. The van der Waals surface area contributed by atoms with E-state index in [1.54, 1.807) is 0 Å². The molecular formula is C28H42. The monoisotopic (exact) mass is 378 g/mol. The second-order valence-corrected chi connectivity index (χ2v) is 5.50. The Hall–Kier alpha value is -2.60. The van der Waals surface area contributed by atoms with Crippen LogP contribution in [0.5, 0.6) is 0 Å². The van der Waals surface area contributed by atoms with Gasteiger partial charge in [0.05, 0.1) is 0 Å². The zero-order valence-corrected chi connectivity index (χ0v) is 19.2. The molecule has 0 radical (unpaired) electrons. The number of hydrogen-bond acceptors (Lipinski definition) is 0. The van der Waals surface area contributed by atoms with Crippen LogP contribution in [0.25, 0.3) is 11.1 Å². The van der Waals surface area contributed by atoms with Crippen molar-refractivity contribution < 1.29 is 0 Å². The highest BCUT2D eigenvalue weighted by molar-refractivity contribution is 5.63. The van der Waals surface area contributed by atoms with Crippen molar-refractivity contribution in [1.82, 2.24) is 0 Å². The Bertz CT molecular complexity index is 603. The molecule has 0 unspecified atom stereocenters. The zero-order chi connectivity index (χ0) is 22.2. The van der Waals surface area contributed by atoms with Crippen LogP contribution < -0.4 is 0 Å². The van der Waals surface area contributed by atoms with Crippen molar-refractivity contribution in [1.29, 1.82) is 0 Å². The van der Waals surface area contributed by atoms with Gasteiger partial charge in [0.1, 0.15) is 0 Å². The van der Waals surface area contributed by atoms with Gasteiger partial charge < -0.3 is 0 Å². The lowest BCUT2D eigenvalue weighted by atomic mass is 10.1. The van der Waals surface area contributed by atoms with Crippen molar-refractivity contribution in [3.8, 4) is 0 Å². The largest absolute Gasteiger partial charge is 0.106 e. The summed E-state index contributed by atoms with van der Waals surface area (Å²) in [4.78, 5) is 0. The Morgan fingerprint density at radius 2 is 1.11 bits per heavy atom. The second-order valence-electron chi connectivity index (χ2n) is 5.50. The van der Waals surface area contributed by atoms with E-state index in [9.17, 15) is 0 Å². The van der Waals surface area contributed by atoms with Crippen molar-refractivity contribution in [3.05, 3.63) is 110 Å². The van der Waals surface area contributed by atoms with Crippen LogP contribution in [0.3, 0.4) is 0 Å². The predicted molar refractivity (Wildman–Crippen MR) is 135 cm³/mol. The third kappa shape index (κ3) is 18.2. The first-order valence-electron chi connectivity index (χ1n) is 10.1. The molecule has 0 heterocycles. The van der Waals surface area contributed by atoms with Gasteiger partial charge in [0.25, 0.3) is 0 Å². The second kappa shape index (κ2) is 24.4. The number of hydrogen-bond donors (Lipinski definition) is 0. The summed E-state index contributed by atoms with van der Waals surface area (Å²) in [7, 11) is 0. The lowest BCUT2D eigenvalue weighted by Crippen LogP contribution is -1.76. The molecule has 2 aromatic carbocycles. The van der Waals surface area contributed by atoms with Gasteiger partial charge >= 0.3 is 0 Å². The topological polar surface area (TPSA) is 0 Å². The average Bonchev–Trinajstić information content (AvgIpc) is 2.78. The number of allylic oxidation sites excluding steroid dienone is 4. The summed E-state index contributed by atoms with van der Waals surface area (Å²) in [5.41, 5.74) is 5.04. The molecule has 0 bridgehead atoms. The molecule has 0 atom stereocenters. The van der Waals surface area contributed by atoms with Crippen LogP contribution in [-0.2, 0) is 0 Å². The molecule has 2 rings (SSSR count). The van der Waals surface area contributed by atoms with E-state index in [-0.39, 0.29) is 0 Å². The minimum atomic E-state index is 1.08. The highest BCUT2D eigenvalue weighted by Gasteiger charge is 1.90. The van der Waals surface area contributed by atoms with Crippen LogP contribution in [0.15, 0.2) is 99.1 Å². The fourth-order valence-electron chi connectivity index (χ4n) is 1.85. The van der Waals surface area contributed by atoms with Gasteiger partial charge in [-0.05, 0) is 43.4 Å². The first kappa shape index (κ1) is 30.1. The van der Waals surface area contributed by atoms with Crippen molar-refractivity contribution in [3.63, 3.8) is 0 Å². The minimum absolute atomic E-state index is 1.08. The van der Waals surface area contributed by atoms with Crippen LogP contribution >= 0.6 is 0 Å². The smallest absolute Gasteiger partial charge is 0.0231 e. The summed E-state index contributed by atoms with van der Waals surface area (Å²) >= 11 is 0. The van der Waals surface area contributed by atoms with Crippen molar-refractivity contribution in [2.75, 3.05) is 0 Å². The van der Waals surface area contributed by atoms with Crippen LogP contribution in [-0.4, -0.2) is 0 Å². The summed E-state index contributed by atoms with van der Waals surface area (Å²) in [6.45, 7) is 25.7. The molecule has 0 saturated heterocycles. The molecule has 0 spiro atoms. The highest BCUT2D eigenvalue weighted by atomic mass is 14.0. The Balaban J connectivity index is -0.000000331. The molecule has 0 heteroatoms. The summed E-state index contributed by atoms with van der Waals surface area (Å²) in [6.07, 6.45) is 6.32. The van der Waals surface area contributed by atoms with Gasteiger partial charge in [-0.2, -0.15) is 0 Å². The Labute approximate surface area is 176 Å². The molecule has 0 amide bonds. The van der Waals surface area contributed by atoms with Gasteiger partial charge in [0, 0.05) is 0 Å². The van der Waals surface area contributed by atoms with E-state index in [4.69, 9.17) is 0 Å². The van der Waals surface area contributed by atoms with Gasteiger partial charge in [-0.1, -0.05) is 113 Å². The summed E-state index contributed by atoms with van der Waals surface area (Å²) < 4.78 is 0. The van der Waals surface area contributed by atoms with Crippen molar-refractivity contribution >= 4 is 11.1 Å². The van der Waals surface area contributed by atoms with Crippen LogP contribution in [0, 0.1) is 0 Å². The fourth-order valence-corrected chi connectivity index (χ4v) is 1.85. The third-order valence-electron chi connectivity index (χ3n) is 3.29. The fraction of sp³-hybridized carbons (Fsp3) is 0.286. The van der Waals surface area contributed by atoms with E-state index in [2.05, 4.69) is 89.6 Å². The number of benzene rings is 2. The molecular weight excluding hydrogens is 336 g/mol. The quantitative estimate of drug-likeness (QED) is 0.464. The zero-order valence-electron chi connectivity index (χ0n) is 19.2. The van der Waals surface area contributed by atoms with E-state index in [0.717, 1.165) is 18.4 Å². The summed E-state index contributed by atoms with van der Waals surface area (Å²) in [5, 5.41) is 0. The van der Waals surface area contributed by atoms with Crippen LogP contribution in [0.4, 0.5) is 0 Å². The normalized spacial score (nSPS) is 8.71. The van der Waals surface area contributed by atoms with Gasteiger partial charge in [-0.3, -0.25) is 0 Å². The van der Waals surface area contributed by atoms with Gasteiger partial charge in [-0.25, -0.2) is 0 Å². The molecule has 0 aliphatic carbocycles. The highest BCUT2D eigenvalue weighted by Crippen LogP contribution is 2.12. The molecule has 0 N–H and O–H groups in total. The molecule has 154 valence electrons. The average molecular weight is 379 g/mol. The molecule has 0 saturated carbocycles. The van der Waals surface area contributed by atoms with Crippen LogP contribution in [0.2, 0.25) is 0 Å². The predicted octanol–water partition coefficient (Wildman–Crippen LogP) is 9.63. The van der Waals surface area contributed by atoms with Gasteiger partial charge in [-0.15, -0.1) is 19.7 Å². The third-order valence-corrected chi connectivity index (χ3v) is 3.29. The first-order valence-corrected chi connectivity index (χ1v) is 10.1. The van der Waals surface area contributed by atoms with E-state index in [0.29, 0.717) is 0 Å². The Kier molecular flexibility index (Phi) is 26.3. The SMILES string of the molecule is C=C.C=C(C)c1ccccc1.C=CCC.CC.CC/C=C(\C)c1ccccc1. The first-order chi connectivity index (χ1) is 13.6. The van der Waals surface area contributed by atoms with E-state index < -0.39 is 0 Å². The lowest BCUT2D eigenvalue weighted by Gasteiger charge is -1.98. The molecule has 2 aromatic rings. The Morgan fingerprint density at radius 3 is 1.36 bits per heavy atom. The molecule has 0 fully saturated rings. The number of rotatable bonds is 4. The minimum Gasteiger partial charge on any atom is -0.106 e. The Morgan fingerprint density at radius 1 is 0.750 bits per heavy atom. The maximum atomic E-state index is 3.83. The van der Waals surface area contributed by atoms with Crippen LogP contribution in [0.1, 0.15) is 65.5 Å². The maximum absolute atomic E-state index is 3.83.